The van der Waals surface area contributed by atoms with E-state index in [0.717, 1.165) is 49.9 Å². The van der Waals surface area contributed by atoms with Crippen LogP contribution in [0.3, 0.4) is 0 Å². The van der Waals surface area contributed by atoms with Crippen LogP contribution in [0.15, 0.2) is 24.3 Å². The molecule has 0 radical (unpaired) electrons. The number of rotatable bonds is 15. The SMILES string of the molecule is CC(C)CCCCCCCOc1ccc(CC[C@@](N)(CO)CC2CC2)cc1. The Hall–Kier alpha value is -1.06. The molecule has 0 amide bonds. The maximum absolute atomic E-state index is 9.65. The second-order valence-electron chi connectivity index (χ2n) is 9.11. The Labute approximate surface area is 166 Å². The van der Waals surface area contributed by atoms with Gasteiger partial charge in [-0.15, -0.1) is 0 Å². The molecular formula is C24H41NO2. The first-order valence-electron chi connectivity index (χ1n) is 11.1. The summed E-state index contributed by atoms with van der Waals surface area (Å²) in [5.41, 5.74) is 7.24. The highest BCUT2D eigenvalue weighted by Gasteiger charge is 2.33. The zero-order valence-electron chi connectivity index (χ0n) is 17.6. The molecule has 3 N–H and O–H groups in total. The lowest BCUT2D eigenvalue weighted by Gasteiger charge is -2.27. The highest BCUT2D eigenvalue weighted by Crippen LogP contribution is 2.37. The van der Waals surface area contributed by atoms with Gasteiger partial charge in [0.25, 0.3) is 0 Å². The van der Waals surface area contributed by atoms with Crippen LogP contribution >= 0.6 is 0 Å². The van der Waals surface area contributed by atoms with Crippen molar-refractivity contribution in [3.63, 3.8) is 0 Å². The largest absolute Gasteiger partial charge is 0.494 e. The lowest BCUT2D eigenvalue weighted by molar-refractivity contribution is 0.172. The van der Waals surface area contributed by atoms with E-state index in [9.17, 15) is 5.11 Å². The van der Waals surface area contributed by atoms with E-state index in [2.05, 4.69) is 38.1 Å². The lowest BCUT2D eigenvalue weighted by Crippen LogP contribution is -2.44. The number of hydrogen-bond acceptors (Lipinski definition) is 3. The molecule has 3 nitrogen and oxygen atoms in total. The first kappa shape index (κ1) is 22.2. The molecule has 1 aromatic rings. The molecular weight excluding hydrogens is 334 g/mol. The normalized spacial score (nSPS) is 16.5. The number of ether oxygens (including phenoxy) is 1. The molecule has 1 aliphatic carbocycles. The van der Waals surface area contributed by atoms with Gasteiger partial charge in [-0.3, -0.25) is 0 Å². The predicted molar refractivity (Wildman–Crippen MR) is 114 cm³/mol. The van der Waals surface area contributed by atoms with Gasteiger partial charge in [-0.2, -0.15) is 0 Å². The van der Waals surface area contributed by atoms with Crippen LogP contribution in [0.1, 0.15) is 83.6 Å². The summed E-state index contributed by atoms with van der Waals surface area (Å²) in [4.78, 5) is 0. The second kappa shape index (κ2) is 11.7. The standard InChI is InChI=1S/C24H41NO2/c1-20(2)8-6-4-3-5-7-17-27-23-13-11-21(12-14-23)15-16-24(25,19-26)18-22-9-10-22/h11-14,20,22,26H,3-10,15-19,25H2,1-2H3/t24-/m0/s1. The maximum Gasteiger partial charge on any atom is 0.119 e. The molecule has 0 heterocycles. The summed E-state index contributed by atoms with van der Waals surface area (Å²) < 4.78 is 5.87. The minimum atomic E-state index is -0.411. The third-order valence-corrected chi connectivity index (χ3v) is 5.74. The molecule has 0 saturated heterocycles. The number of unbranched alkanes of at least 4 members (excludes halogenated alkanes) is 4. The van der Waals surface area contributed by atoms with E-state index in [4.69, 9.17) is 10.5 Å². The molecule has 1 aliphatic rings. The Morgan fingerprint density at radius 2 is 1.74 bits per heavy atom. The van der Waals surface area contributed by atoms with Crippen molar-refractivity contribution in [3.8, 4) is 5.75 Å². The van der Waals surface area contributed by atoms with Crippen molar-refractivity contribution >= 4 is 0 Å². The lowest BCUT2D eigenvalue weighted by atomic mass is 9.88. The molecule has 2 rings (SSSR count). The Bertz CT molecular complexity index is 510. The monoisotopic (exact) mass is 375 g/mol. The maximum atomic E-state index is 9.65. The summed E-state index contributed by atoms with van der Waals surface area (Å²) in [5.74, 6) is 2.53. The molecule has 1 saturated carbocycles. The van der Waals surface area contributed by atoms with E-state index >= 15 is 0 Å². The Morgan fingerprint density at radius 1 is 1.07 bits per heavy atom. The van der Waals surface area contributed by atoms with E-state index in [1.807, 2.05) is 0 Å². The number of nitrogens with two attached hydrogens (primary N) is 1. The Balaban J connectivity index is 1.58. The summed E-state index contributed by atoms with van der Waals surface area (Å²) in [6, 6.07) is 8.40. The van der Waals surface area contributed by atoms with E-state index in [0.29, 0.717) is 0 Å². The molecule has 1 fully saturated rings. The minimum Gasteiger partial charge on any atom is -0.494 e. The summed E-state index contributed by atoms with van der Waals surface area (Å²) in [7, 11) is 0. The molecule has 0 bridgehead atoms. The fraction of sp³-hybridized carbons (Fsp3) is 0.750. The van der Waals surface area contributed by atoms with Crippen LogP contribution in [0.25, 0.3) is 0 Å². The number of aliphatic hydroxyl groups excluding tert-OH is 1. The van der Waals surface area contributed by atoms with Crippen LogP contribution in [0, 0.1) is 11.8 Å². The average molecular weight is 376 g/mol. The number of hydrogen-bond donors (Lipinski definition) is 2. The number of benzene rings is 1. The summed E-state index contributed by atoms with van der Waals surface area (Å²) in [6.45, 7) is 5.49. The van der Waals surface area contributed by atoms with Gasteiger partial charge in [0.05, 0.1) is 13.2 Å². The van der Waals surface area contributed by atoms with E-state index in [1.165, 1.54) is 50.5 Å². The summed E-state index contributed by atoms with van der Waals surface area (Å²) in [5, 5.41) is 9.65. The molecule has 27 heavy (non-hydrogen) atoms. The molecule has 0 spiro atoms. The zero-order chi connectivity index (χ0) is 19.5. The van der Waals surface area contributed by atoms with Crippen LogP contribution < -0.4 is 10.5 Å². The van der Waals surface area contributed by atoms with E-state index in [-0.39, 0.29) is 6.61 Å². The van der Waals surface area contributed by atoms with Crippen molar-refractivity contribution in [3.05, 3.63) is 29.8 Å². The van der Waals surface area contributed by atoms with Gasteiger partial charge >= 0.3 is 0 Å². The second-order valence-corrected chi connectivity index (χ2v) is 9.11. The third-order valence-electron chi connectivity index (χ3n) is 5.74. The van der Waals surface area contributed by atoms with Crippen molar-refractivity contribution in [1.82, 2.24) is 0 Å². The van der Waals surface area contributed by atoms with E-state index < -0.39 is 5.54 Å². The van der Waals surface area contributed by atoms with Gasteiger partial charge in [-0.1, -0.05) is 70.9 Å². The van der Waals surface area contributed by atoms with Crippen molar-refractivity contribution in [1.29, 1.82) is 0 Å². The predicted octanol–water partition coefficient (Wildman–Crippen LogP) is 5.48. The first-order chi connectivity index (χ1) is 13.0. The van der Waals surface area contributed by atoms with Crippen LogP contribution in [0.2, 0.25) is 0 Å². The van der Waals surface area contributed by atoms with Crippen LogP contribution in [0.4, 0.5) is 0 Å². The van der Waals surface area contributed by atoms with Crippen LogP contribution in [-0.4, -0.2) is 23.9 Å². The van der Waals surface area contributed by atoms with Gasteiger partial charge in [0.2, 0.25) is 0 Å². The molecule has 1 aromatic carbocycles. The highest BCUT2D eigenvalue weighted by atomic mass is 16.5. The molecule has 0 aromatic heterocycles. The quantitative estimate of drug-likeness (QED) is 0.399. The molecule has 154 valence electrons. The fourth-order valence-electron chi connectivity index (χ4n) is 3.66. The molecule has 3 heteroatoms. The van der Waals surface area contributed by atoms with Gasteiger partial charge in [0.1, 0.15) is 5.75 Å². The first-order valence-corrected chi connectivity index (χ1v) is 11.1. The van der Waals surface area contributed by atoms with Crippen molar-refractivity contribution in [2.24, 2.45) is 17.6 Å². The van der Waals surface area contributed by atoms with E-state index in [1.54, 1.807) is 0 Å². The summed E-state index contributed by atoms with van der Waals surface area (Å²) >= 11 is 0. The number of aliphatic hydroxyl groups is 1. The topological polar surface area (TPSA) is 55.5 Å². The smallest absolute Gasteiger partial charge is 0.119 e. The number of aryl methyl sites for hydroxylation is 1. The molecule has 0 aliphatic heterocycles. The van der Waals surface area contributed by atoms with Gasteiger partial charge in [-0.25, -0.2) is 0 Å². The third kappa shape index (κ3) is 9.62. The molecule has 0 unspecified atom stereocenters. The van der Waals surface area contributed by atoms with Gasteiger partial charge < -0.3 is 15.6 Å². The van der Waals surface area contributed by atoms with Crippen LogP contribution in [-0.2, 0) is 6.42 Å². The van der Waals surface area contributed by atoms with Crippen molar-refractivity contribution in [2.75, 3.05) is 13.2 Å². The van der Waals surface area contributed by atoms with Gasteiger partial charge in [0, 0.05) is 5.54 Å². The minimum absolute atomic E-state index is 0.0855. The fourth-order valence-corrected chi connectivity index (χ4v) is 3.66. The summed E-state index contributed by atoms with van der Waals surface area (Å²) in [6.07, 6.45) is 13.1. The van der Waals surface area contributed by atoms with Crippen molar-refractivity contribution < 1.29 is 9.84 Å². The Kier molecular flexibility index (Phi) is 9.64. The highest BCUT2D eigenvalue weighted by molar-refractivity contribution is 5.27. The van der Waals surface area contributed by atoms with Gasteiger partial charge in [0.15, 0.2) is 0 Å². The molecule has 1 atom stereocenters. The zero-order valence-corrected chi connectivity index (χ0v) is 17.6. The van der Waals surface area contributed by atoms with Crippen LogP contribution in [0.5, 0.6) is 5.75 Å². The Morgan fingerprint density at radius 3 is 2.37 bits per heavy atom. The van der Waals surface area contributed by atoms with Gasteiger partial charge in [-0.05, 0) is 55.2 Å². The van der Waals surface area contributed by atoms with Crippen molar-refractivity contribution in [2.45, 2.75) is 90.0 Å². The average Bonchev–Trinajstić information content (AvgIpc) is 3.46.